The second-order valence-corrected chi connectivity index (χ2v) is 8.53. The number of anilines is 1. The first-order valence-electron chi connectivity index (χ1n) is 12.1. The van der Waals surface area contributed by atoms with Gasteiger partial charge in [0.1, 0.15) is 17.5 Å². The molecule has 2 amide bonds. The zero-order valence-corrected chi connectivity index (χ0v) is 20.4. The third-order valence-electron chi connectivity index (χ3n) is 5.57. The van der Waals surface area contributed by atoms with Crippen LogP contribution in [0.4, 0.5) is 5.69 Å². The number of carbonyl (C=O) groups excluding carboxylic acids is 2. The molecule has 2 unspecified atom stereocenters. The van der Waals surface area contributed by atoms with Crippen LogP contribution in [0.1, 0.15) is 38.7 Å². The number of ether oxygens (including phenoxy) is 2. The van der Waals surface area contributed by atoms with E-state index in [1.165, 1.54) is 0 Å². The van der Waals surface area contributed by atoms with E-state index in [4.69, 9.17) is 9.47 Å². The van der Waals surface area contributed by atoms with Crippen LogP contribution in [-0.2, 0) is 20.9 Å². The first kappa shape index (κ1) is 26.0. The maximum atomic E-state index is 13.1. The number of carbonyl (C=O) groups is 2. The van der Waals surface area contributed by atoms with Gasteiger partial charge < -0.3 is 20.1 Å². The molecule has 0 fully saturated rings. The fraction of sp³-hybridized carbons (Fsp3) is 0.310. The van der Waals surface area contributed by atoms with E-state index >= 15 is 0 Å². The van der Waals surface area contributed by atoms with Gasteiger partial charge in [-0.25, -0.2) is 0 Å². The van der Waals surface area contributed by atoms with E-state index in [1.807, 2.05) is 67.6 Å². The summed E-state index contributed by atoms with van der Waals surface area (Å²) in [5.74, 6) is 0.753. The number of unbranched alkanes of at least 4 members (excludes halogenated alkanes) is 1. The molecule has 35 heavy (non-hydrogen) atoms. The Kier molecular flexibility index (Phi) is 10.3. The van der Waals surface area contributed by atoms with Gasteiger partial charge in [0.25, 0.3) is 0 Å². The van der Waals surface area contributed by atoms with Crippen molar-refractivity contribution >= 4 is 17.5 Å². The molecular formula is C29H34N2O4. The van der Waals surface area contributed by atoms with Gasteiger partial charge in [0, 0.05) is 11.6 Å². The van der Waals surface area contributed by atoms with Crippen LogP contribution in [0, 0.1) is 5.92 Å². The molecule has 0 aromatic heterocycles. The topological polar surface area (TPSA) is 76.7 Å². The average molecular weight is 475 g/mol. The average Bonchev–Trinajstić information content (AvgIpc) is 2.89. The van der Waals surface area contributed by atoms with E-state index in [1.54, 1.807) is 24.3 Å². The molecule has 0 radical (unpaired) electrons. The Morgan fingerprint density at radius 3 is 2.11 bits per heavy atom. The Balaban J connectivity index is 1.60. The Morgan fingerprint density at radius 2 is 1.46 bits per heavy atom. The van der Waals surface area contributed by atoms with E-state index in [-0.39, 0.29) is 24.3 Å². The second-order valence-electron chi connectivity index (χ2n) is 8.53. The van der Waals surface area contributed by atoms with Crippen LogP contribution in [0.5, 0.6) is 11.5 Å². The number of rotatable bonds is 13. The monoisotopic (exact) mass is 474 g/mol. The third kappa shape index (κ3) is 8.91. The normalized spacial score (nSPS) is 12.4. The largest absolute Gasteiger partial charge is 0.457 e. The van der Waals surface area contributed by atoms with Gasteiger partial charge in [0.05, 0.1) is 13.2 Å². The quantitative estimate of drug-likeness (QED) is 0.321. The SMILES string of the molecule is CCCCC(C)C(=O)NC(COCc1ccccc1)C(=O)Nc1ccc(Oc2ccccc2)cc1. The molecule has 2 atom stereocenters. The molecule has 0 spiro atoms. The fourth-order valence-electron chi connectivity index (χ4n) is 3.47. The number of amides is 2. The van der Waals surface area contributed by atoms with Crippen molar-refractivity contribution in [3.63, 3.8) is 0 Å². The molecule has 0 aliphatic carbocycles. The molecule has 0 aliphatic rings. The van der Waals surface area contributed by atoms with Crippen LogP contribution < -0.4 is 15.4 Å². The van der Waals surface area contributed by atoms with Crippen molar-refractivity contribution in [2.45, 2.75) is 45.8 Å². The molecule has 0 heterocycles. The van der Waals surface area contributed by atoms with Crippen molar-refractivity contribution < 1.29 is 19.1 Å². The summed E-state index contributed by atoms with van der Waals surface area (Å²) in [5.41, 5.74) is 1.61. The third-order valence-corrected chi connectivity index (χ3v) is 5.57. The van der Waals surface area contributed by atoms with Crippen molar-refractivity contribution in [3.8, 4) is 11.5 Å². The van der Waals surface area contributed by atoms with Crippen molar-refractivity contribution in [2.75, 3.05) is 11.9 Å². The summed E-state index contributed by atoms with van der Waals surface area (Å²) in [4.78, 5) is 25.8. The summed E-state index contributed by atoms with van der Waals surface area (Å²) in [6.07, 6.45) is 2.77. The highest BCUT2D eigenvalue weighted by atomic mass is 16.5. The number of nitrogens with one attached hydrogen (secondary N) is 2. The first-order chi connectivity index (χ1) is 17.0. The van der Waals surface area contributed by atoms with Crippen molar-refractivity contribution in [3.05, 3.63) is 90.5 Å². The lowest BCUT2D eigenvalue weighted by Gasteiger charge is -2.21. The summed E-state index contributed by atoms with van der Waals surface area (Å²) >= 11 is 0. The van der Waals surface area contributed by atoms with Gasteiger partial charge in [0.15, 0.2) is 0 Å². The molecule has 0 bridgehead atoms. The smallest absolute Gasteiger partial charge is 0.249 e. The Labute approximate surface area is 207 Å². The van der Waals surface area contributed by atoms with Crippen LogP contribution in [-0.4, -0.2) is 24.5 Å². The van der Waals surface area contributed by atoms with Crippen LogP contribution in [0.2, 0.25) is 0 Å². The van der Waals surface area contributed by atoms with E-state index in [0.29, 0.717) is 18.0 Å². The minimum Gasteiger partial charge on any atom is -0.457 e. The highest BCUT2D eigenvalue weighted by molar-refractivity contribution is 5.97. The van der Waals surface area contributed by atoms with Gasteiger partial charge >= 0.3 is 0 Å². The van der Waals surface area contributed by atoms with Crippen molar-refractivity contribution in [1.82, 2.24) is 5.32 Å². The lowest BCUT2D eigenvalue weighted by atomic mass is 10.0. The minimum absolute atomic E-state index is 0.0716. The maximum Gasteiger partial charge on any atom is 0.249 e. The van der Waals surface area contributed by atoms with Gasteiger partial charge in [-0.3, -0.25) is 9.59 Å². The standard InChI is InChI=1S/C29H34N2O4/c1-3-4-11-22(2)28(32)31-27(21-34-20-23-12-7-5-8-13-23)29(33)30-24-16-18-26(19-17-24)35-25-14-9-6-10-15-25/h5-10,12-19,22,27H,3-4,11,20-21H2,1-2H3,(H,30,33)(H,31,32). The molecule has 6 heteroatoms. The summed E-state index contributed by atoms with van der Waals surface area (Å²) in [6.45, 7) is 4.41. The molecule has 6 nitrogen and oxygen atoms in total. The van der Waals surface area contributed by atoms with E-state index in [9.17, 15) is 9.59 Å². The Morgan fingerprint density at radius 1 is 0.829 bits per heavy atom. The molecule has 0 saturated carbocycles. The van der Waals surface area contributed by atoms with Crippen LogP contribution in [0.25, 0.3) is 0 Å². The lowest BCUT2D eigenvalue weighted by molar-refractivity contribution is -0.130. The molecule has 184 valence electrons. The minimum atomic E-state index is -0.810. The van der Waals surface area contributed by atoms with Gasteiger partial charge in [-0.1, -0.05) is 75.2 Å². The zero-order valence-electron chi connectivity index (χ0n) is 20.4. The van der Waals surface area contributed by atoms with Crippen molar-refractivity contribution in [1.29, 1.82) is 0 Å². The summed E-state index contributed by atoms with van der Waals surface area (Å²) in [7, 11) is 0. The molecule has 2 N–H and O–H groups in total. The summed E-state index contributed by atoms with van der Waals surface area (Å²) in [6, 6.07) is 25.5. The molecule has 3 aromatic carbocycles. The van der Waals surface area contributed by atoms with Gasteiger partial charge in [-0.2, -0.15) is 0 Å². The molecule has 0 aliphatic heterocycles. The summed E-state index contributed by atoms with van der Waals surface area (Å²) in [5, 5.41) is 5.76. The van der Waals surface area contributed by atoms with Gasteiger partial charge in [0.2, 0.25) is 11.8 Å². The molecular weight excluding hydrogens is 440 g/mol. The fourth-order valence-corrected chi connectivity index (χ4v) is 3.47. The highest BCUT2D eigenvalue weighted by Crippen LogP contribution is 2.22. The van der Waals surface area contributed by atoms with E-state index < -0.39 is 6.04 Å². The van der Waals surface area contributed by atoms with Crippen molar-refractivity contribution in [2.24, 2.45) is 5.92 Å². The zero-order chi connectivity index (χ0) is 24.9. The first-order valence-corrected chi connectivity index (χ1v) is 12.1. The van der Waals surface area contributed by atoms with Gasteiger partial charge in [-0.15, -0.1) is 0 Å². The number of benzene rings is 3. The van der Waals surface area contributed by atoms with Crippen LogP contribution in [0.3, 0.4) is 0 Å². The molecule has 3 aromatic rings. The predicted octanol–water partition coefficient (Wildman–Crippen LogP) is 5.95. The van der Waals surface area contributed by atoms with Crippen LogP contribution >= 0.6 is 0 Å². The maximum absolute atomic E-state index is 13.1. The second kappa shape index (κ2) is 13.9. The predicted molar refractivity (Wildman–Crippen MR) is 138 cm³/mol. The molecule has 0 saturated heterocycles. The Bertz CT molecular complexity index is 1040. The number of para-hydroxylation sites is 1. The number of hydrogen-bond acceptors (Lipinski definition) is 4. The Hall–Kier alpha value is -3.64. The van der Waals surface area contributed by atoms with Gasteiger partial charge in [-0.05, 0) is 48.4 Å². The van der Waals surface area contributed by atoms with Crippen LogP contribution in [0.15, 0.2) is 84.9 Å². The lowest BCUT2D eigenvalue weighted by Crippen LogP contribution is -2.48. The number of hydrogen-bond donors (Lipinski definition) is 2. The molecule has 3 rings (SSSR count). The summed E-state index contributed by atoms with van der Waals surface area (Å²) < 4.78 is 11.6. The van der Waals surface area contributed by atoms with E-state index in [2.05, 4.69) is 17.6 Å². The highest BCUT2D eigenvalue weighted by Gasteiger charge is 2.24. The van der Waals surface area contributed by atoms with E-state index in [0.717, 1.165) is 30.6 Å².